The zero-order valence-electron chi connectivity index (χ0n) is 31.7. The van der Waals surface area contributed by atoms with Crippen molar-refractivity contribution < 1.29 is 40.4 Å². The summed E-state index contributed by atoms with van der Waals surface area (Å²) in [5, 5.41) is 42.0. The molecular formula is C39H71N8O4Pt-. The number of aliphatic hydroxyl groups excluding tert-OH is 1. The van der Waals surface area contributed by atoms with E-state index in [4.69, 9.17) is 19.3 Å². The molecule has 8 bridgehead atoms. The third-order valence-corrected chi connectivity index (χ3v) is 14.6. The predicted octanol–water partition coefficient (Wildman–Crippen LogP) is 2.08. The van der Waals surface area contributed by atoms with Crippen LogP contribution in [0.1, 0.15) is 96.3 Å². The maximum atomic E-state index is 8.32. The summed E-state index contributed by atoms with van der Waals surface area (Å²) in [5.74, 6) is 5.74. The van der Waals surface area contributed by atoms with Crippen LogP contribution in [-0.2, 0) is 35.3 Å². The first kappa shape index (κ1) is 40.4. The molecule has 52 heavy (non-hydrogen) atoms. The van der Waals surface area contributed by atoms with Gasteiger partial charge in [0.2, 0.25) is 0 Å². The second kappa shape index (κ2) is 19.6. The first-order chi connectivity index (χ1) is 25.2. The largest absolute Gasteiger partial charge is 0.394 e. The van der Waals surface area contributed by atoms with Crippen LogP contribution in [0.5, 0.6) is 0 Å². The van der Waals surface area contributed by atoms with Crippen LogP contribution in [0, 0.1) is 53.8 Å². The Labute approximate surface area is 327 Å². The van der Waals surface area contributed by atoms with E-state index in [0.717, 1.165) is 35.5 Å². The van der Waals surface area contributed by atoms with Crippen molar-refractivity contribution in [1.82, 2.24) is 42.5 Å². The number of hydrogen-bond acceptors (Lipinski definition) is 12. The minimum Gasteiger partial charge on any atom is -0.394 e. The second-order valence-electron chi connectivity index (χ2n) is 17.3. The van der Waals surface area contributed by atoms with E-state index in [0.29, 0.717) is 94.2 Å². The Kier molecular flexibility index (Phi) is 15.2. The molecule has 5 saturated heterocycles. The Hall–Kier alpha value is 0.208. The van der Waals surface area contributed by atoms with Gasteiger partial charge >= 0.3 is 0 Å². The molecule has 302 valence electrons. The summed E-state index contributed by atoms with van der Waals surface area (Å²) >= 11 is 0. The zero-order valence-corrected chi connectivity index (χ0v) is 33.9. The molecule has 5 heterocycles. The van der Waals surface area contributed by atoms with Gasteiger partial charge in [-0.2, -0.15) is 6.42 Å². The van der Waals surface area contributed by atoms with Crippen molar-refractivity contribution in [2.45, 2.75) is 146 Å². The third-order valence-electron chi connectivity index (χ3n) is 14.6. The molecule has 4 saturated carbocycles. The minimum atomic E-state index is 0. The summed E-state index contributed by atoms with van der Waals surface area (Å²) in [6.45, 7) is 2.75. The molecule has 16 atom stereocenters. The molecule has 0 aromatic carbocycles. The van der Waals surface area contributed by atoms with Crippen molar-refractivity contribution in [1.29, 1.82) is 0 Å². The van der Waals surface area contributed by atoms with Crippen LogP contribution in [0.25, 0.3) is 0 Å². The van der Waals surface area contributed by atoms with Gasteiger partial charge in [-0.1, -0.05) is 51.4 Å². The molecule has 4 aliphatic carbocycles. The van der Waals surface area contributed by atoms with Gasteiger partial charge in [0, 0.05) is 34.3 Å². The first-order valence-electron chi connectivity index (χ1n) is 21.4. The molecule has 0 radical (unpaired) electrons. The third kappa shape index (κ3) is 9.00. The molecule has 13 heteroatoms. The van der Waals surface area contributed by atoms with E-state index in [1.54, 1.807) is 7.11 Å². The molecule has 9 N–H and O–H groups in total. The zero-order chi connectivity index (χ0) is 34.6. The number of ether oxygens (including phenoxy) is 3. The van der Waals surface area contributed by atoms with Crippen LogP contribution in [-0.4, -0.2) is 101 Å². The molecule has 9 fully saturated rings. The molecule has 9 aliphatic rings. The Morgan fingerprint density at radius 3 is 1.15 bits per heavy atom. The summed E-state index contributed by atoms with van der Waals surface area (Å²) in [6, 6.07) is 0. The fraction of sp³-hybridized carbons (Fsp3) is 0.974. The smallest absolute Gasteiger partial charge is 0.0701 e. The number of nitrogens with one attached hydrogen (secondary N) is 8. The van der Waals surface area contributed by atoms with Gasteiger partial charge in [-0.3, -0.25) is 42.5 Å². The van der Waals surface area contributed by atoms with E-state index in [1.165, 1.54) is 96.3 Å². The quantitative estimate of drug-likeness (QED) is 0.130. The molecule has 16 unspecified atom stereocenters. The van der Waals surface area contributed by atoms with E-state index in [9.17, 15) is 0 Å². The summed E-state index contributed by atoms with van der Waals surface area (Å²) in [6.07, 6.45) is 26.4. The standard InChI is InChI=1S/C32H55N8.C7H16O4.Pt/c1-2-10-18-17(9-1)25-33-26(18)38-28-21-13-5-6-14-22(21)30(35-28)40-32-24-16-8-7-15-23(24)31(36-32)39-29-20-12-4-3-11-19(20)27(34-29)37-25;1-9-4-5-11-7-6-10-3-2-8;/h9,17-40H,1-8,10-16H2;8H,2-7H2,1H3;/q-1;;. The Bertz CT molecular complexity index is 869. The van der Waals surface area contributed by atoms with E-state index in [2.05, 4.69) is 49.0 Å². The van der Waals surface area contributed by atoms with E-state index >= 15 is 0 Å². The van der Waals surface area contributed by atoms with Crippen LogP contribution in [0.4, 0.5) is 0 Å². The molecular weight excluding hydrogens is 840 g/mol. The first-order valence-corrected chi connectivity index (χ1v) is 21.4. The summed E-state index contributed by atoms with van der Waals surface area (Å²) in [7, 11) is 1.63. The molecule has 0 aromatic rings. The van der Waals surface area contributed by atoms with Gasteiger partial charge in [-0.05, 0) is 80.0 Å². The number of methoxy groups -OCH3 is 1. The molecule has 9 rings (SSSR count). The van der Waals surface area contributed by atoms with Crippen molar-refractivity contribution in [3.8, 4) is 0 Å². The number of aliphatic hydroxyl groups is 1. The summed E-state index contributed by atoms with van der Waals surface area (Å²) in [5.41, 5.74) is 0. The number of rotatable bonds is 8. The fourth-order valence-corrected chi connectivity index (χ4v) is 12.3. The van der Waals surface area contributed by atoms with Crippen molar-refractivity contribution in [3.63, 3.8) is 0 Å². The fourth-order valence-electron chi connectivity index (χ4n) is 12.3. The monoisotopic (exact) mass is 911 g/mol. The van der Waals surface area contributed by atoms with Crippen LogP contribution < -0.4 is 42.5 Å². The van der Waals surface area contributed by atoms with Gasteiger partial charge in [-0.25, -0.2) is 0 Å². The molecule has 12 nitrogen and oxygen atoms in total. The van der Waals surface area contributed by atoms with Crippen molar-refractivity contribution in [3.05, 3.63) is 6.42 Å². The van der Waals surface area contributed by atoms with Crippen LogP contribution in [0.3, 0.4) is 0 Å². The van der Waals surface area contributed by atoms with E-state index in [-0.39, 0.29) is 27.7 Å². The van der Waals surface area contributed by atoms with Crippen LogP contribution in [0.15, 0.2) is 0 Å². The van der Waals surface area contributed by atoms with Gasteiger partial charge in [0.15, 0.2) is 0 Å². The maximum absolute atomic E-state index is 8.32. The predicted molar refractivity (Wildman–Crippen MR) is 197 cm³/mol. The summed E-state index contributed by atoms with van der Waals surface area (Å²) in [4.78, 5) is 0. The second-order valence-corrected chi connectivity index (χ2v) is 17.3. The van der Waals surface area contributed by atoms with Crippen molar-refractivity contribution >= 4 is 0 Å². The van der Waals surface area contributed by atoms with E-state index < -0.39 is 0 Å². The van der Waals surface area contributed by atoms with Crippen molar-refractivity contribution in [2.24, 2.45) is 47.3 Å². The van der Waals surface area contributed by atoms with Crippen LogP contribution in [0.2, 0.25) is 0 Å². The minimum absolute atomic E-state index is 0. The van der Waals surface area contributed by atoms with Gasteiger partial charge in [-0.15, -0.1) is 5.92 Å². The summed E-state index contributed by atoms with van der Waals surface area (Å²) < 4.78 is 14.8. The average molecular weight is 911 g/mol. The maximum Gasteiger partial charge on any atom is 0.0701 e. The van der Waals surface area contributed by atoms with Gasteiger partial charge in [0.1, 0.15) is 0 Å². The number of hydrogen-bond donors (Lipinski definition) is 9. The van der Waals surface area contributed by atoms with Crippen LogP contribution >= 0.6 is 0 Å². The van der Waals surface area contributed by atoms with Gasteiger partial charge < -0.3 is 25.7 Å². The number of fused-ring (bicyclic) bond motifs is 20. The molecule has 0 spiro atoms. The average Bonchev–Trinajstić information content (AvgIpc) is 3.91. The molecule has 0 aromatic heterocycles. The van der Waals surface area contributed by atoms with Crippen molar-refractivity contribution in [2.75, 3.05) is 46.8 Å². The Morgan fingerprint density at radius 2 is 0.769 bits per heavy atom. The van der Waals surface area contributed by atoms with E-state index in [1.807, 2.05) is 0 Å². The Morgan fingerprint density at radius 1 is 0.442 bits per heavy atom. The molecule has 0 amide bonds. The Balaban J connectivity index is 0.000000308. The molecule has 5 aliphatic heterocycles. The SMILES string of the molecule is COCCOCCOCCO.[CH-]1CCCC2C3NC(NC4NC(NC5NC(NC6NC(N3)C3CCCCC63)C3CCCCC53)C3CCCCC43)C12.[Pt]. The normalized spacial score (nSPS) is 46.5. The topological polar surface area (TPSA) is 144 Å². The van der Waals surface area contributed by atoms with Gasteiger partial charge in [0.05, 0.1) is 82.8 Å². The van der Waals surface area contributed by atoms with Gasteiger partial charge in [0.25, 0.3) is 0 Å².